The van der Waals surface area contributed by atoms with E-state index in [2.05, 4.69) is 0 Å². The Labute approximate surface area is 144 Å². The molecule has 3 aliphatic rings. The summed E-state index contributed by atoms with van der Waals surface area (Å²) in [5, 5.41) is 32.4. The minimum absolute atomic E-state index is 0.227. The number of cyclic esters (lactones) is 1. The van der Waals surface area contributed by atoms with Gasteiger partial charge in [-0.2, -0.15) is 5.06 Å². The van der Waals surface area contributed by atoms with Crippen LogP contribution in [-0.4, -0.2) is 75.1 Å². The van der Waals surface area contributed by atoms with Crippen LogP contribution in [0, 0.1) is 5.92 Å². The highest BCUT2D eigenvalue weighted by Crippen LogP contribution is 2.36. The fourth-order valence-corrected chi connectivity index (χ4v) is 3.38. The third-order valence-electron chi connectivity index (χ3n) is 5.49. The maximum atomic E-state index is 12.5. The molecule has 0 aromatic heterocycles. The maximum Gasteiger partial charge on any atom is 0.341 e. The molecule has 0 aromatic carbocycles. The van der Waals surface area contributed by atoms with Gasteiger partial charge in [0.1, 0.15) is 18.3 Å². The van der Waals surface area contributed by atoms with E-state index >= 15 is 0 Å². The van der Waals surface area contributed by atoms with Crippen molar-refractivity contribution in [3.8, 4) is 0 Å². The van der Waals surface area contributed by atoms with Gasteiger partial charge in [-0.05, 0) is 32.4 Å². The Hall–Kier alpha value is -1.52. The molecule has 6 atom stereocenters. The summed E-state index contributed by atoms with van der Waals surface area (Å²) < 4.78 is 10.7. The van der Waals surface area contributed by atoms with Crippen molar-refractivity contribution < 1.29 is 39.2 Å². The number of rotatable bonds is 0. The van der Waals surface area contributed by atoms with Crippen LogP contribution in [0.25, 0.3) is 0 Å². The van der Waals surface area contributed by atoms with Gasteiger partial charge in [-0.3, -0.25) is 9.63 Å². The van der Waals surface area contributed by atoms with E-state index < -0.39 is 47.5 Å². The van der Waals surface area contributed by atoms with Crippen molar-refractivity contribution >= 4 is 11.9 Å². The number of nitrogens with zero attached hydrogens (tertiary/aromatic N) is 1. The number of hydrogen-bond acceptors (Lipinski definition) is 9. The molecule has 0 spiro atoms. The third kappa shape index (κ3) is 2.85. The molecule has 0 aliphatic carbocycles. The van der Waals surface area contributed by atoms with Gasteiger partial charge in [-0.15, -0.1) is 0 Å². The number of hydroxylamine groups is 2. The van der Waals surface area contributed by atoms with Crippen molar-refractivity contribution in [3.05, 3.63) is 11.6 Å². The molecule has 0 radical (unpaired) electrons. The fourth-order valence-electron chi connectivity index (χ4n) is 3.38. The molecule has 2 saturated heterocycles. The first-order chi connectivity index (χ1) is 11.6. The molecule has 3 heterocycles. The summed E-state index contributed by atoms with van der Waals surface area (Å²) in [4.78, 5) is 30.2. The Bertz CT molecular complexity index is 613. The van der Waals surface area contributed by atoms with Crippen molar-refractivity contribution in [2.24, 2.45) is 5.92 Å². The Kier molecular flexibility index (Phi) is 4.41. The lowest BCUT2D eigenvalue weighted by Crippen LogP contribution is -2.61. The number of ether oxygens (including phenoxy) is 2. The van der Waals surface area contributed by atoms with Gasteiger partial charge in [0.2, 0.25) is 0 Å². The Balaban J connectivity index is 2.00. The van der Waals surface area contributed by atoms with E-state index in [0.717, 1.165) is 6.92 Å². The molecule has 9 nitrogen and oxygen atoms in total. The molecule has 3 rings (SSSR count). The van der Waals surface area contributed by atoms with Crippen LogP contribution in [0.5, 0.6) is 0 Å². The number of aliphatic hydroxyl groups excluding tert-OH is 1. The molecule has 25 heavy (non-hydrogen) atoms. The molecule has 9 heteroatoms. The Morgan fingerprint density at radius 3 is 2.64 bits per heavy atom. The topological polar surface area (TPSA) is 126 Å². The predicted octanol–water partition coefficient (Wildman–Crippen LogP) is -1.14. The fraction of sp³-hybridized carbons (Fsp3) is 0.750. The second-order valence-electron chi connectivity index (χ2n) is 7.10. The lowest BCUT2D eigenvalue weighted by atomic mass is 9.76. The summed E-state index contributed by atoms with van der Waals surface area (Å²) in [6.07, 6.45) is 0.0624. The largest absolute Gasteiger partial charge is 0.460 e. The van der Waals surface area contributed by atoms with Crippen molar-refractivity contribution in [3.63, 3.8) is 0 Å². The molecule has 3 aliphatic heterocycles. The SMILES string of the molecule is C[C@H]1C(=O)O[C@@H]2CCN3OC(O)C=C(COC(=O)[C@](C)(O)[C@@]1(C)O)[C@H]23. The number of esters is 2. The zero-order valence-corrected chi connectivity index (χ0v) is 14.3. The lowest BCUT2D eigenvalue weighted by Gasteiger charge is -2.39. The molecular formula is C16H23NO8. The molecule has 140 valence electrons. The predicted molar refractivity (Wildman–Crippen MR) is 81.5 cm³/mol. The highest BCUT2D eigenvalue weighted by atomic mass is 16.8. The van der Waals surface area contributed by atoms with Gasteiger partial charge in [-0.1, -0.05) is 0 Å². The van der Waals surface area contributed by atoms with Crippen LogP contribution in [0.4, 0.5) is 0 Å². The average Bonchev–Trinajstić information content (AvgIpc) is 2.92. The first-order valence-electron chi connectivity index (χ1n) is 8.20. The molecule has 1 unspecified atom stereocenters. The monoisotopic (exact) mass is 357 g/mol. The van der Waals surface area contributed by atoms with Crippen LogP contribution in [0.1, 0.15) is 27.2 Å². The van der Waals surface area contributed by atoms with Crippen LogP contribution < -0.4 is 0 Å². The summed E-state index contributed by atoms with van der Waals surface area (Å²) in [7, 11) is 0. The zero-order valence-electron chi connectivity index (χ0n) is 14.3. The summed E-state index contributed by atoms with van der Waals surface area (Å²) >= 11 is 0. The first kappa shape index (κ1) is 18.3. The van der Waals surface area contributed by atoms with Gasteiger partial charge in [0.25, 0.3) is 0 Å². The van der Waals surface area contributed by atoms with Crippen molar-refractivity contribution in [2.75, 3.05) is 13.2 Å². The molecule has 2 fully saturated rings. The van der Waals surface area contributed by atoms with E-state index in [1.54, 1.807) is 0 Å². The average molecular weight is 357 g/mol. The molecule has 0 aromatic rings. The highest BCUT2D eigenvalue weighted by molar-refractivity contribution is 5.83. The number of carbonyl (C=O) groups is 2. The van der Waals surface area contributed by atoms with Crippen molar-refractivity contribution in [1.29, 1.82) is 0 Å². The van der Waals surface area contributed by atoms with Crippen molar-refractivity contribution in [2.45, 2.75) is 56.8 Å². The van der Waals surface area contributed by atoms with Crippen LogP contribution in [0.3, 0.4) is 0 Å². The standard InChI is InChI=1S/C16H23NO8/c1-8-13(19)24-10-4-5-17-12(10)9(6-11(18)25-17)7-23-14(20)16(3,22)15(8,2)21/h6,8,10-12,18,21-22H,4-5,7H2,1-3H3/t8-,10+,11?,12+,15-,16-/m0/s1. The Morgan fingerprint density at radius 1 is 1.28 bits per heavy atom. The van der Waals surface area contributed by atoms with Crippen LogP contribution in [0.15, 0.2) is 11.6 Å². The van der Waals surface area contributed by atoms with E-state index in [1.807, 2.05) is 0 Å². The van der Waals surface area contributed by atoms with E-state index in [0.29, 0.717) is 18.5 Å². The smallest absolute Gasteiger partial charge is 0.341 e. The quantitative estimate of drug-likeness (QED) is 0.364. The number of aliphatic hydroxyl groups is 3. The van der Waals surface area contributed by atoms with E-state index in [1.165, 1.54) is 25.0 Å². The van der Waals surface area contributed by atoms with E-state index in [-0.39, 0.29) is 6.61 Å². The summed E-state index contributed by atoms with van der Waals surface area (Å²) in [5.41, 5.74) is -3.92. The second kappa shape index (κ2) is 6.03. The minimum atomic E-state index is -2.32. The van der Waals surface area contributed by atoms with Gasteiger partial charge in [0.15, 0.2) is 11.9 Å². The van der Waals surface area contributed by atoms with E-state index in [9.17, 15) is 24.9 Å². The molecule has 0 saturated carbocycles. The van der Waals surface area contributed by atoms with E-state index in [4.69, 9.17) is 14.3 Å². The third-order valence-corrected chi connectivity index (χ3v) is 5.49. The molecular weight excluding hydrogens is 334 g/mol. The summed E-state index contributed by atoms with van der Waals surface area (Å²) in [6, 6.07) is -0.500. The van der Waals surface area contributed by atoms with Gasteiger partial charge >= 0.3 is 11.9 Å². The van der Waals surface area contributed by atoms with Gasteiger partial charge in [0, 0.05) is 13.0 Å². The van der Waals surface area contributed by atoms with Crippen LogP contribution in [-0.2, 0) is 23.9 Å². The van der Waals surface area contributed by atoms with Crippen LogP contribution >= 0.6 is 0 Å². The summed E-state index contributed by atoms with van der Waals surface area (Å²) in [5.74, 6) is -2.98. The highest BCUT2D eigenvalue weighted by Gasteiger charge is 2.56. The van der Waals surface area contributed by atoms with Crippen molar-refractivity contribution in [1.82, 2.24) is 5.06 Å². The molecule has 0 bridgehead atoms. The van der Waals surface area contributed by atoms with Gasteiger partial charge in [-0.25, -0.2) is 4.79 Å². The lowest BCUT2D eigenvalue weighted by molar-refractivity contribution is -0.261. The summed E-state index contributed by atoms with van der Waals surface area (Å²) in [6.45, 7) is 3.87. The van der Waals surface area contributed by atoms with Gasteiger partial charge in [0.05, 0.1) is 12.0 Å². The number of carbonyl (C=O) groups excluding carboxylic acids is 2. The maximum absolute atomic E-state index is 12.5. The van der Waals surface area contributed by atoms with Crippen LogP contribution in [0.2, 0.25) is 0 Å². The zero-order chi connectivity index (χ0) is 18.6. The molecule has 0 amide bonds. The second-order valence-corrected chi connectivity index (χ2v) is 7.10. The van der Waals surface area contributed by atoms with Gasteiger partial charge < -0.3 is 24.8 Å². The minimum Gasteiger partial charge on any atom is -0.460 e. The number of hydrogen-bond donors (Lipinski definition) is 3. The molecule has 3 N–H and O–H groups in total. The Morgan fingerprint density at radius 2 is 1.96 bits per heavy atom. The first-order valence-corrected chi connectivity index (χ1v) is 8.20. The normalized spacial score (nSPS) is 45.8.